The number of carbonyl (C=O) groups is 2. The molecule has 6 heteroatoms. The first-order valence-electron chi connectivity index (χ1n) is 3.47. The van der Waals surface area contributed by atoms with E-state index in [0.29, 0.717) is 6.54 Å². The van der Waals surface area contributed by atoms with Crippen molar-refractivity contribution in [2.75, 3.05) is 13.2 Å². The van der Waals surface area contributed by atoms with Crippen LogP contribution in [-0.2, 0) is 9.59 Å². The zero-order chi connectivity index (χ0) is 12.0. The molecule has 6 nitrogen and oxygen atoms in total. The van der Waals surface area contributed by atoms with Crippen LogP contribution >= 0.6 is 0 Å². The summed E-state index contributed by atoms with van der Waals surface area (Å²) in [5, 5.41) is 23.0. The minimum atomic E-state index is -0.981. The highest BCUT2D eigenvalue weighted by molar-refractivity contribution is 5.79. The molecule has 14 heavy (non-hydrogen) atoms. The topological polar surface area (TPSA) is 121 Å². The standard InChI is InChI=1S/2C3H4O2.C2H7NO/c2*1-2-3(4)5;3-1-2-4/h2*2H,1H2,(H,4,5);4H,1-3H2. The van der Waals surface area contributed by atoms with Crippen LogP contribution in [0.3, 0.4) is 0 Å². The average Bonchev–Trinajstić information content (AvgIpc) is 2.19. The second-order valence-corrected chi connectivity index (χ2v) is 1.60. The van der Waals surface area contributed by atoms with E-state index in [0.717, 1.165) is 12.2 Å². The third kappa shape index (κ3) is 80.9. The highest BCUT2D eigenvalue weighted by atomic mass is 16.4. The fourth-order valence-electron chi connectivity index (χ4n) is 0. The van der Waals surface area contributed by atoms with Crippen molar-refractivity contribution in [3.05, 3.63) is 25.3 Å². The summed E-state index contributed by atoms with van der Waals surface area (Å²) in [5.74, 6) is -1.96. The summed E-state index contributed by atoms with van der Waals surface area (Å²) in [7, 11) is 0. The molecule has 0 bridgehead atoms. The van der Waals surface area contributed by atoms with E-state index in [9.17, 15) is 9.59 Å². The predicted octanol–water partition coefficient (Wildman–Crippen LogP) is -0.549. The van der Waals surface area contributed by atoms with E-state index < -0.39 is 11.9 Å². The zero-order valence-electron chi connectivity index (χ0n) is 7.72. The van der Waals surface area contributed by atoms with E-state index in [1.807, 2.05) is 0 Å². The van der Waals surface area contributed by atoms with Crippen molar-refractivity contribution in [3.8, 4) is 0 Å². The van der Waals surface area contributed by atoms with Gasteiger partial charge < -0.3 is 21.1 Å². The van der Waals surface area contributed by atoms with E-state index in [-0.39, 0.29) is 6.61 Å². The SMILES string of the molecule is C=CC(=O)O.C=CC(=O)O.NCCO. The number of aliphatic hydroxyl groups excluding tert-OH is 1. The molecule has 0 saturated heterocycles. The fourth-order valence-corrected chi connectivity index (χ4v) is 0. The van der Waals surface area contributed by atoms with E-state index in [4.69, 9.17) is 21.1 Å². The molecule has 0 radical (unpaired) electrons. The van der Waals surface area contributed by atoms with Crippen molar-refractivity contribution in [2.45, 2.75) is 0 Å². The molecule has 0 fully saturated rings. The third-order valence-corrected chi connectivity index (χ3v) is 0.478. The minimum Gasteiger partial charge on any atom is -0.478 e. The van der Waals surface area contributed by atoms with Crippen LogP contribution in [0.5, 0.6) is 0 Å². The van der Waals surface area contributed by atoms with Gasteiger partial charge in [-0.2, -0.15) is 0 Å². The molecular weight excluding hydrogens is 190 g/mol. The van der Waals surface area contributed by atoms with Crippen LogP contribution in [-0.4, -0.2) is 40.4 Å². The molecular formula is C8H15NO5. The van der Waals surface area contributed by atoms with Crippen molar-refractivity contribution in [2.24, 2.45) is 5.73 Å². The summed E-state index contributed by atoms with van der Waals surface area (Å²) < 4.78 is 0. The summed E-state index contributed by atoms with van der Waals surface area (Å²) in [6, 6.07) is 0. The summed E-state index contributed by atoms with van der Waals surface area (Å²) in [4.78, 5) is 18.5. The smallest absolute Gasteiger partial charge is 0.327 e. The van der Waals surface area contributed by atoms with Gasteiger partial charge in [-0.1, -0.05) is 13.2 Å². The van der Waals surface area contributed by atoms with Crippen LogP contribution in [0.15, 0.2) is 25.3 Å². The molecule has 0 atom stereocenters. The Kier molecular flexibility index (Phi) is 22.6. The lowest BCUT2D eigenvalue weighted by Crippen LogP contribution is -2.02. The monoisotopic (exact) mass is 205 g/mol. The number of aliphatic carboxylic acids is 2. The van der Waals surface area contributed by atoms with Crippen molar-refractivity contribution < 1.29 is 24.9 Å². The first-order chi connectivity index (χ1) is 6.45. The highest BCUT2D eigenvalue weighted by Crippen LogP contribution is 1.55. The molecule has 0 unspecified atom stereocenters. The molecule has 0 rings (SSSR count). The van der Waals surface area contributed by atoms with Crippen LogP contribution in [0.1, 0.15) is 0 Å². The molecule has 0 amide bonds. The lowest BCUT2D eigenvalue weighted by molar-refractivity contribution is -0.132. The first kappa shape index (κ1) is 18.2. The van der Waals surface area contributed by atoms with Gasteiger partial charge in [-0.25, -0.2) is 9.59 Å². The lowest BCUT2D eigenvalue weighted by Gasteiger charge is -1.71. The van der Waals surface area contributed by atoms with Crippen LogP contribution < -0.4 is 5.73 Å². The minimum absolute atomic E-state index is 0.0972. The molecule has 0 aliphatic rings. The van der Waals surface area contributed by atoms with Gasteiger partial charge in [0.1, 0.15) is 0 Å². The van der Waals surface area contributed by atoms with Gasteiger partial charge in [-0.3, -0.25) is 0 Å². The van der Waals surface area contributed by atoms with Crippen LogP contribution in [0.4, 0.5) is 0 Å². The number of rotatable bonds is 3. The maximum Gasteiger partial charge on any atom is 0.327 e. The van der Waals surface area contributed by atoms with Crippen molar-refractivity contribution in [1.82, 2.24) is 0 Å². The van der Waals surface area contributed by atoms with Gasteiger partial charge in [0.2, 0.25) is 0 Å². The number of nitrogens with two attached hydrogens (primary N) is 1. The summed E-state index contributed by atoms with van der Waals surface area (Å²) in [5.41, 5.74) is 4.78. The van der Waals surface area contributed by atoms with Crippen molar-refractivity contribution >= 4 is 11.9 Å². The molecule has 0 saturated carbocycles. The molecule has 0 aromatic carbocycles. The molecule has 0 spiro atoms. The molecule has 0 heterocycles. The van der Waals surface area contributed by atoms with E-state index in [2.05, 4.69) is 13.2 Å². The number of aliphatic hydroxyl groups is 1. The molecule has 0 aromatic heterocycles. The Morgan fingerprint density at radius 3 is 1.29 bits per heavy atom. The Hall–Kier alpha value is -1.66. The third-order valence-electron chi connectivity index (χ3n) is 0.478. The second kappa shape index (κ2) is 17.4. The molecule has 0 aliphatic carbocycles. The molecule has 5 N–H and O–H groups in total. The van der Waals surface area contributed by atoms with Crippen LogP contribution in [0, 0.1) is 0 Å². The Balaban J connectivity index is -0.000000131. The zero-order valence-corrected chi connectivity index (χ0v) is 7.72. The number of hydrogen-bond donors (Lipinski definition) is 4. The largest absolute Gasteiger partial charge is 0.478 e. The van der Waals surface area contributed by atoms with Gasteiger partial charge in [0.15, 0.2) is 0 Å². The molecule has 82 valence electrons. The van der Waals surface area contributed by atoms with Crippen LogP contribution in [0.25, 0.3) is 0 Å². The van der Waals surface area contributed by atoms with Gasteiger partial charge in [0, 0.05) is 18.7 Å². The summed E-state index contributed by atoms with van der Waals surface area (Å²) >= 11 is 0. The fraction of sp³-hybridized carbons (Fsp3) is 0.250. The Labute approximate surface area is 82.0 Å². The lowest BCUT2D eigenvalue weighted by atomic mass is 10.7. The maximum atomic E-state index is 9.25. The average molecular weight is 205 g/mol. The van der Waals surface area contributed by atoms with Crippen molar-refractivity contribution in [1.29, 1.82) is 0 Å². The van der Waals surface area contributed by atoms with Gasteiger partial charge in [0.05, 0.1) is 6.61 Å². The number of carboxylic acid groups (broad SMARTS) is 2. The second-order valence-electron chi connectivity index (χ2n) is 1.60. The maximum absolute atomic E-state index is 9.25. The van der Waals surface area contributed by atoms with Gasteiger partial charge in [-0.15, -0.1) is 0 Å². The van der Waals surface area contributed by atoms with Crippen molar-refractivity contribution in [3.63, 3.8) is 0 Å². The normalized spacial score (nSPS) is 6.71. The first-order valence-corrected chi connectivity index (χ1v) is 3.47. The Bertz CT molecular complexity index is 159. The highest BCUT2D eigenvalue weighted by Gasteiger charge is 1.73. The van der Waals surface area contributed by atoms with E-state index in [1.54, 1.807) is 0 Å². The predicted molar refractivity (Wildman–Crippen MR) is 51.8 cm³/mol. The quantitative estimate of drug-likeness (QED) is 0.459. The van der Waals surface area contributed by atoms with Crippen LogP contribution in [0.2, 0.25) is 0 Å². The summed E-state index contributed by atoms with van der Waals surface area (Å²) in [6.45, 7) is 6.39. The Morgan fingerprint density at radius 2 is 1.29 bits per heavy atom. The van der Waals surface area contributed by atoms with Gasteiger partial charge in [-0.05, 0) is 0 Å². The summed E-state index contributed by atoms with van der Waals surface area (Å²) in [6.07, 6.45) is 1.67. The number of hydrogen-bond acceptors (Lipinski definition) is 4. The molecule has 0 aliphatic heterocycles. The van der Waals surface area contributed by atoms with Gasteiger partial charge in [0.25, 0.3) is 0 Å². The van der Waals surface area contributed by atoms with Gasteiger partial charge >= 0.3 is 11.9 Å². The van der Waals surface area contributed by atoms with E-state index >= 15 is 0 Å². The van der Waals surface area contributed by atoms with E-state index in [1.165, 1.54) is 0 Å². The molecule has 0 aromatic rings. The Morgan fingerprint density at radius 1 is 1.14 bits per heavy atom. The number of carboxylic acids is 2.